The Morgan fingerprint density at radius 3 is 2.27 bits per heavy atom. The molecule has 2 heterocycles. The van der Waals surface area contributed by atoms with Gasteiger partial charge in [-0.2, -0.15) is 0 Å². The topological polar surface area (TPSA) is 109 Å². The predicted molar refractivity (Wildman–Crippen MR) is 126 cm³/mol. The van der Waals surface area contributed by atoms with E-state index in [1.807, 2.05) is 24.3 Å². The second-order valence-corrected chi connectivity index (χ2v) is 8.07. The van der Waals surface area contributed by atoms with Gasteiger partial charge in [-0.25, -0.2) is 19.6 Å². The van der Waals surface area contributed by atoms with E-state index in [2.05, 4.69) is 18.8 Å². The summed E-state index contributed by atoms with van der Waals surface area (Å²) in [6.07, 6.45) is 0.744. The summed E-state index contributed by atoms with van der Waals surface area (Å²) in [4.78, 5) is 34.5. The minimum atomic E-state index is -0.537. The highest BCUT2D eigenvalue weighted by molar-refractivity contribution is 6.09. The van der Waals surface area contributed by atoms with Crippen molar-refractivity contribution in [1.82, 2.24) is 14.5 Å². The summed E-state index contributed by atoms with van der Waals surface area (Å²) in [6, 6.07) is 14.2. The molecule has 2 N–H and O–H groups in total. The number of rotatable bonds is 7. The number of hydrogen-bond donors (Lipinski definition) is 1. The molecule has 0 aliphatic carbocycles. The van der Waals surface area contributed by atoms with Gasteiger partial charge in [0.15, 0.2) is 5.65 Å². The minimum Gasteiger partial charge on any atom is -0.462 e. The Hall–Kier alpha value is -3.94. The second-order valence-electron chi connectivity index (χ2n) is 8.07. The van der Waals surface area contributed by atoms with Gasteiger partial charge in [0.1, 0.15) is 16.9 Å². The number of fused-ring (bicyclic) bond motifs is 2. The molecule has 8 nitrogen and oxygen atoms in total. The standard InChI is InChI=1S/C25H26N4O4/c1-4-32-24(30)16-9-11-17(12-10-16)29-22(26)20(25(31)33-14-13-15(2)3)21-23(29)28-19-8-6-5-7-18(19)27-21/h5-12,15H,4,13-14,26H2,1-3H3. The molecule has 0 saturated heterocycles. The molecule has 0 spiro atoms. The van der Waals surface area contributed by atoms with Crippen LogP contribution in [-0.4, -0.2) is 39.7 Å². The molecule has 0 amide bonds. The zero-order valence-electron chi connectivity index (χ0n) is 18.9. The van der Waals surface area contributed by atoms with Gasteiger partial charge < -0.3 is 15.2 Å². The maximum Gasteiger partial charge on any atom is 0.344 e. The Morgan fingerprint density at radius 2 is 1.64 bits per heavy atom. The number of carbonyl (C=O) groups is 2. The normalized spacial score (nSPS) is 11.3. The summed E-state index contributed by atoms with van der Waals surface area (Å²) in [5, 5.41) is 0. The van der Waals surface area contributed by atoms with Crippen molar-refractivity contribution in [3.63, 3.8) is 0 Å². The number of ether oxygens (including phenoxy) is 2. The van der Waals surface area contributed by atoms with Crippen LogP contribution in [0, 0.1) is 5.92 Å². The first-order valence-electron chi connectivity index (χ1n) is 10.9. The van der Waals surface area contributed by atoms with Crippen LogP contribution in [0.15, 0.2) is 48.5 Å². The third-order valence-corrected chi connectivity index (χ3v) is 5.27. The van der Waals surface area contributed by atoms with Crippen molar-refractivity contribution >= 4 is 40.0 Å². The fourth-order valence-corrected chi connectivity index (χ4v) is 3.54. The first-order valence-corrected chi connectivity index (χ1v) is 10.9. The van der Waals surface area contributed by atoms with Gasteiger partial charge in [0.25, 0.3) is 0 Å². The number of aromatic nitrogens is 3. The van der Waals surface area contributed by atoms with Crippen molar-refractivity contribution in [3.8, 4) is 5.69 Å². The van der Waals surface area contributed by atoms with Crippen molar-refractivity contribution in [2.45, 2.75) is 27.2 Å². The maximum atomic E-state index is 13.0. The second kappa shape index (κ2) is 9.28. The quantitative estimate of drug-likeness (QED) is 0.415. The number of para-hydroxylation sites is 2. The first kappa shape index (κ1) is 22.3. The third kappa shape index (κ3) is 4.37. The molecule has 4 rings (SSSR count). The van der Waals surface area contributed by atoms with E-state index in [4.69, 9.17) is 20.2 Å². The highest BCUT2D eigenvalue weighted by Crippen LogP contribution is 2.31. The first-order chi connectivity index (χ1) is 15.9. The van der Waals surface area contributed by atoms with Crippen molar-refractivity contribution in [2.24, 2.45) is 5.92 Å². The molecule has 2 aromatic heterocycles. The van der Waals surface area contributed by atoms with Gasteiger partial charge in [0.2, 0.25) is 0 Å². The van der Waals surface area contributed by atoms with E-state index in [1.54, 1.807) is 35.8 Å². The Labute approximate surface area is 191 Å². The summed E-state index contributed by atoms with van der Waals surface area (Å²) >= 11 is 0. The molecule has 0 aliphatic rings. The van der Waals surface area contributed by atoms with E-state index in [-0.39, 0.29) is 18.0 Å². The zero-order valence-corrected chi connectivity index (χ0v) is 18.9. The Morgan fingerprint density at radius 1 is 0.970 bits per heavy atom. The van der Waals surface area contributed by atoms with Crippen LogP contribution in [-0.2, 0) is 9.47 Å². The molecule has 0 fully saturated rings. The molecular formula is C25H26N4O4. The lowest BCUT2D eigenvalue weighted by molar-refractivity contribution is 0.0489. The van der Waals surface area contributed by atoms with Gasteiger partial charge in [0.05, 0.1) is 29.8 Å². The van der Waals surface area contributed by atoms with Crippen LogP contribution >= 0.6 is 0 Å². The maximum absolute atomic E-state index is 13.0. The van der Waals surface area contributed by atoms with Crippen molar-refractivity contribution in [3.05, 3.63) is 59.7 Å². The number of nitrogens with zero attached hydrogens (tertiary/aromatic N) is 3. The van der Waals surface area contributed by atoms with Gasteiger partial charge >= 0.3 is 11.9 Å². The summed E-state index contributed by atoms with van der Waals surface area (Å²) < 4.78 is 12.2. The highest BCUT2D eigenvalue weighted by Gasteiger charge is 2.26. The summed E-state index contributed by atoms with van der Waals surface area (Å²) in [7, 11) is 0. The van der Waals surface area contributed by atoms with Crippen molar-refractivity contribution in [2.75, 3.05) is 18.9 Å². The summed E-state index contributed by atoms with van der Waals surface area (Å²) in [5.41, 5.74) is 9.84. The molecule has 0 atom stereocenters. The molecule has 8 heteroatoms. The monoisotopic (exact) mass is 446 g/mol. The van der Waals surface area contributed by atoms with E-state index < -0.39 is 11.9 Å². The number of nitrogens with two attached hydrogens (primary N) is 1. The van der Waals surface area contributed by atoms with Crippen LogP contribution in [0.2, 0.25) is 0 Å². The number of hydrogen-bond acceptors (Lipinski definition) is 7. The number of carbonyl (C=O) groups excluding carboxylic acids is 2. The van der Waals surface area contributed by atoms with E-state index in [0.29, 0.717) is 46.0 Å². The largest absolute Gasteiger partial charge is 0.462 e. The minimum absolute atomic E-state index is 0.179. The Balaban J connectivity index is 1.85. The van der Waals surface area contributed by atoms with Gasteiger partial charge in [-0.3, -0.25) is 4.57 Å². The van der Waals surface area contributed by atoms with E-state index >= 15 is 0 Å². The average Bonchev–Trinajstić information content (AvgIpc) is 3.08. The smallest absolute Gasteiger partial charge is 0.344 e. The van der Waals surface area contributed by atoms with E-state index in [1.165, 1.54) is 0 Å². The Bertz CT molecular complexity index is 1330. The van der Waals surface area contributed by atoms with Crippen molar-refractivity contribution in [1.29, 1.82) is 0 Å². The summed E-state index contributed by atoms with van der Waals surface area (Å²) in [6.45, 7) is 6.46. The molecule has 2 aromatic carbocycles. The zero-order chi connectivity index (χ0) is 23.5. The lowest BCUT2D eigenvalue weighted by Crippen LogP contribution is -2.11. The van der Waals surface area contributed by atoms with Crippen LogP contribution in [0.5, 0.6) is 0 Å². The number of anilines is 1. The lowest BCUT2D eigenvalue weighted by Gasteiger charge is -2.09. The SMILES string of the molecule is CCOC(=O)c1ccc(-n2c(N)c(C(=O)OCCC(C)C)c3nc4ccccc4nc32)cc1. The highest BCUT2D eigenvalue weighted by atomic mass is 16.5. The molecule has 4 aromatic rings. The Kier molecular flexibility index (Phi) is 6.26. The fourth-order valence-electron chi connectivity index (χ4n) is 3.54. The number of esters is 2. The molecule has 0 bridgehead atoms. The molecule has 170 valence electrons. The molecule has 0 aliphatic heterocycles. The van der Waals surface area contributed by atoms with Gasteiger partial charge in [0, 0.05) is 5.69 Å². The fraction of sp³-hybridized carbons (Fsp3) is 0.280. The predicted octanol–water partition coefficient (Wildman–Crippen LogP) is 4.54. The summed E-state index contributed by atoms with van der Waals surface area (Å²) in [5.74, 6) is -0.365. The van der Waals surface area contributed by atoms with E-state index in [9.17, 15) is 9.59 Å². The molecule has 0 radical (unpaired) electrons. The van der Waals surface area contributed by atoms with Crippen LogP contribution in [0.4, 0.5) is 5.82 Å². The van der Waals surface area contributed by atoms with E-state index in [0.717, 1.165) is 6.42 Å². The average molecular weight is 447 g/mol. The van der Waals surface area contributed by atoms with Gasteiger partial charge in [-0.05, 0) is 55.7 Å². The van der Waals surface area contributed by atoms with Crippen LogP contribution in [0.1, 0.15) is 47.9 Å². The molecule has 33 heavy (non-hydrogen) atoms. The van der Waals surface area contributed by atoms with Crippen LogP contribution in [0.3, 0.4) is 0 Å². The number of nitrogen functional groups attached to an aromatic ring is 1. The van der Waals surface area contributed by atoms with Crippen LogP contribution < -0.4 is 5.73 Å². The molecular weight excluding hydrogens is 420 g/mol. The number of benzene rings is 2. The molecule has 0 unspecified atom stereocenters. The lowest BCUT2D eigenvalue weighted by atomic mass is 10.1. The van der Waals surface area contributed by atoms with Crippen LogP contribution in [0.25, 0.3) is 27.9 Å². The van der Waals surface area contributed by atoms with Gasteiger partial charge in [-0.15, -0.1) is 0 Å². The third-order valence-electron chi connectivity index (χ3n) is 5.27. The van der Waals surface area contributed by atoms with Crippen molar-refractivity contribution < 1.29 is 19.1 Å². The van der Waals surface area contributed by atoms with Gasteiger partial charge in [-0.1, -0.05) is 26.0 Å². The molecule has 0 saturated carbocycles.